The minimum Gasteiger partial charge on any atom is -0.493 e. The van der Waals surface area contributed by atoms with Crippen LogP contribution < -0.4 is 14.8 Å². The predicted molar refractivity (Wildman–Crippen MR) is 66.0 cm³/mol. The lowest BCUT2D eigenvalue weighted by atomic mass is 10.2. The van der Waals surface area contributed by atoms with E-state index in [-0.39, 0.29) is 6.10 Å². The topological polar surface area (TPSA) is 30.5 Å². The molecule has 0 aliphatic rings. The van der Waals surface area contributed by atoms with Gasteiger partial charge in [-0.25, -0.2) is 0 Å². The first-order chi connectivity index (χ1) is 7.71. The van der Waals surface area contributed by atoms with Crippen molar-refractivity contribution in [2.75, 3.05) is 14.2 Å². The van der Waals surface area contributed by atoms with Gasteiger partial charge in [0, 0.05) is 6.54 Å². The fourth-order valence-corrected chi connectivity index (χ4v) is 1.38. The second-order valence-corrected chi connectivity index (χ2v) is 3.57. The summed E-state index contributed by atoms with van der Waals surface area (Å²) in [6.45, 7) is 6.44. The molecule has 0 bridgehead atoms. The number of benzene rings is 1. The van der Waals surface area contributed by atoms with Gasteiger partial charge in [-0.05, 0) is 31.7 Å². The third-order valence-corrected chi connectivity index (χ3v) is 2.25. The van der Waals surface area contributed by atoms with E-state index < -0.39 is 0 Å². The first kappa shape index (κ1) is 12.6. The van der Waals surface area contributed by atoms with Crippen LogP contribution in [0.25, 0.3) is 0 Å². The molecule has 0 radical (unpaired) electrons. The van der Waals surface area contributed by atoms with Crippen LogP contribution in [0.2, 0.25) is 0 Å². The molecule has 0 saturated carbocycles. The van der Waals surface area contributed by atoms with Crippen molar-refractivity contribution in [3.05, 3.63) is 36.4 Å². The fourth-order valence-electron chi connectivity index (χ4n) is 1.38. The van der Waals surface area contributed by atoms with E-state index in [0.29, 0.717) is 0 Å². The van der Waals surface area contributed by atoms with E-state index in [2.05, 4.69) is 11.9 Å². The summed E-state index contributed by atoms with van der Waals surface area (Å²) in [4.78, 5) is 0. The van der Waals surface area contributed by atoms with Gasteiger partial charge in [-0.2, -0.15) is 0 Å². The first-order valence-corrected chi connectivity index (χ1v) is 5.32. The van der Waals surface area contributed by atoms with Gasteiger partial charge in [0.25, 0.3) is 0 Å². The summed E-state index contributed by atoms with van der Waals surface area (Å²) in [6, 6.07) is 5.91. The number of hydrogen-bond donors (Lipinski definition) is 1. The molecule has 1 N–H and O–H groups in total. The van der Waals surface area contributed by atoms with Gasteiger partial charge in [0.15, 0.2) is 11.5 Å². The third kappa shape index (κ3) is 3.28. The van der Waals surface area contributed by atoms with Gasteiger partial charge in [-0.3, -0.25) is 0 Å². The molecule has 1 unspecified atom stereocenters. The van der Waals surface area contributed by atoms with Gasteiger partial charge < -0.3 is 14.8 Å². The molecule has 0 fully saturated rings. The van der Waals surface area contributed by atoms with E-state index in [4.69, 9.17) is 9.47 Å². The molecule has 3 nitrogen and oxygen atoms in total. The Kier molecular flexibility index (Phi) is 4.86. The van der Waals surface area contributed by atoms with Crippen molar-refractivity contribution < 1.29 is 9.47 Å². The Bertz CT molecular complexity index is 350. The molecule has 88 valence electrons. The highest BCUT2D eigenvalue weighted by molar-refractivity contribution is 5.43. The monoisotopic (exact) mass is 221 g/mol. The van der Waals surface area contributed by atoms with Crippen LogP contribution in [0.5, 0.6) is 11.5 Å². The summed E-state index contributed by atoms with van der Waals surface area (Å²) in [6.07, 6.45) is 1.73. The van der Waals surface area contributed by atoms with Crippen molar-refractivity contribution in [1.82, 2.24) is 5.32 Å². The standard InChI is InChI=1S/C13H19NO2/c1-5-10(2)16-13-8-11(9-14-3)6-7-12(13)15-4/h5-8,10,14H,1,9H2,2-4H3. The van der Waals surface area contributed by atoms with Crippen molar-refractivity contribution >= 4 is 0 Å². The van der Waals surface area contributed by atoms with E-state index in [1.54, 1.807) is 13.2 Å². The van der Waals surface area contributed by atoms with Gasteiger partial charge in [0.05, 0.1) is 7.11 Å². The van der Waals surface area contributed by atoms with Crippen molar-refractivity contribution in [2.24, 2.45) is 0 Å². The molecule has 1 atom stereocenters. The number of nitrogens with one attached hydrogen (secondary N) is 1. The number of rotatable bonds is 6. The molecule has 0 aromatic heterocycles. The zero-order valence-electron chi connectivity index (χ0n) is 10.1. The zero-order valence-corrected chi connectivity index (χ0v) is 10.1. The van der Waals surface area contributed by atoms with E-state index in [0.717, 1.165) is 23.6 Å². The van der Waals surface area contributed by atoms with E-state index in [9.17, 15) is 0 Å². The van der Waals surface area contributed by atoms with Gasteiger partial charge in [0.1, 0.15) is 6.10 Å². The quantitative estimate of drug-likeness (QED) is 0.748. The number of hydrogen-bond acceptors (Lipinski definition) is 3. The zero-order chi connectivity index (χ0) is 12.0. The highest BCUT2D eigenvalue weighted by Gasteiger charge is 2.07. The van der Waals surface area contributed by atoms with Crippen LogP contribution in [-0.4, -0.2) is 20.3 Å². The van der Waals surface area contributed by atoms with Crippen LogP contribution in [-0.2, 0) is 6.54 Å². The molecule has 3 heteroatoms. The lowest BCUT2D eigenvalue weighted by Crippen LogP contribution is -2.10. The molecule has 0 amide bonds. The minimum atomic E-state index is -0.0289. The Hall–Kier alpha value is -1.48. The highest BCUT2D eigenvalue weighted by Crippen LogP contribution is 2.29. The summed E-state index contributed by atoms with van der Waals surface area (Å²) < 4.78 is 10.9. The molecule has 0 saturated heterocycles. The van der Waals surface area contributed by atoms with Crippen molar-refractivity contribution in [3.8, 4) is 11.5 Å². The smallest absolute Gasteiger partial charge is 0.162 e. The third-order valence-electron chi connectivity index (χ3n) is 2.25. The van der Waals surface area contributed by atoms with Gasteiger partial charge in [0.2, 0.25) is 0 Å². The number of methoxy groups -OCH3 is 1. The van der Waals surface area contributed by atoms with Crippen LogP contribution >= 0.6 is 0 Å². The lowest BCUT2D eigenvalue weighted by Gasteiger charge is -2.15. The summed E-state index contributed by atoms with van der Waals surface area (Å²) in [5, 5.41) is 3.10. The Morgan fingerprint density at radius 1 is 1.44 bits per heavy atom. The molecule has 0 spiro atoms. The molecule has 1 rings (SSSR count). The average Bonchev–Trinajstić information content (AvgIpc) is 2.30. The molecule has 0 aliphatic heterocycles. The summed E-state index contributed by atoms with van der Waals surface area (Å²) in [5.41, 5.74) is 1.16. The maximum Gasteiger partial charge on any atom is 0.162 e. The maximum absolute atomic E-state index is 5.70. The Balaban J connectivity index is 2.92. The van der Waals surface area contributed by atoms with Crippen LogP contribution in [0.3, 0.4) is 0 Å². The largest absolute Gasteiger partial charge is 0.493 e. The predicted octanol–water partition coefficient (Wildman–Crippen LogP) is 2.37. The molecule has 1 aromatic carbocycles. The molecule has 0 heterocycles. The Labute approximate surface area is 97.1 Å². The van der Waals surface area contributed by atoms with Crippen LogP contribution in [0.15, 0.2) is 30.9 Å². The second-order valence-electron chi connectivity index (χ2n) is 3.57. The summed E-state index contributed by atoms with van der Waals surface area (Å²) in [7, 11) is 3.55. The maximum atomic E-state index is 5.70. The van der Waals surface area contributed by atoms with E-state index >= 15 is 0 Å². The van der Waals surface area contributed by atoms with Crippen LogP contribution in [0.1, 0.15) is 12.5 Å². The van der Waals surface area contributed by atoms with Crippen LogP contribution in [0, 0.1) is 0 Å². The Morgan fingerprint density at radius 2 is 2.19 bits per heavy atom. The van der Waals surface area contributed by atoms with Crippen molar-refractivity contribution in [2.45, 2.75) is 19.6 Å². The van der Waals surface area contributed by atoms with Gasteiger partial charge in [-0.15, -0.1) is 0 Å². The SMILES string of the molecule is C=CC(C)Oc1cc(CNC)ccc1OC. The fraction of sp³-hybridized carbons (Fsp3) is 0.385. The van der Waals surface area contributed by atoms with Crippen molar-refractivity contribution in [1.29, 1.82) is 0 Å². The van der Waals surface area contributed by atoms with Gasteiger partial charge >= 0.3 is 0 Å². The summed E-state index contributed by atoms with van der Waals surface area (Å²) >= 11 is 0. The first-order valence-electron chi connectivity index (χ1n) is 5.32. The average molecular weight is 221 g/mol. The lowest BCUT2D eigenvalue weighted by molar-refractivity contribution is 0.254. The molecular formula is C13H19NO2. The number of ether oxygens (including phenoxy) is 2. The molecule has 0 aliphatic carbocycles. The minimum absolute atomic E-state index is 0.0289. The normalized spacial score (nSPS) is 11.9. The van der Waals surface area contributed by atoms with E-state index in [1.165, 1.54) is 0 Å². The highest BCUT2D eigenvalue weighted by atomic mass is 16.5. The second kappa shape index (κ2) is 6.18. The Morgan fingerprint density at radius 3 is 2.75 bits per heavy atom. The van der Waals surface area contributed by atoms with Crippen LogP contribution in [0.4, 0.5) is 0 Å². The summed E-state index contributed by atoms with van der Waals surface area (Å²) in [5.74, 6) is 1.50. The molecule has 1 aromatic rings. The molecule has 16 heavy (non-hydrogen) atoms. The van der Waals surface area contributed by atoms with Gasteiger partial charge in [-0.1, -0.05) is 18.7 Å². The van der Waals surface area contributed by atoms with Crippen molar-refractivity contribution in [3.63, 3.8) is 0 Å². The van der Waals surface area contributed by atoms with E-state index in [1.807, 2.05) is 32.2 Å². The molecular weight excluding hydrogens is 202 g/mol.